The first-order chi connectivity index (χ1) is 18.9. The third-order valence-corrected chi connectivity index (χ3v) is 6.79. The van der Waals surface area contributed by atoms with E-state index < -0.39 is 0 Å². The summed E-state index contributed by atoms with van der Waals surface area (Å²) in [5.74, 6) is 1.48. The van der Waals surface area contributed by atoms with Gasteiger partial charge in [-0.2, -0.15) is 9.61 Å². The molecule has 9 heteroatoms. The molecule has 0 spiro atoms. The standard InChI is InChI=1S/C30H34N8O/c1-4-20(3)33-24-13-11-22(12-14-24)30(39)35-26-10-6-9-25(16-26)34-28-17-27(37-15-7-8-23(31)19-37)36-29-21(5-2)18-32-38(28)29/h4,6,9-14,16-18,23,33-34H,1,3,5,7-8,15,19,31H2,2H3,(H,35,39). The minimum atomic E-state index is -0.198. The summed E-state index contributed by atoms with van der Waals surface area (Å²) in [6.45, 7) is 11.3. The van der Waals surface area contributed by atoms with Crippen molar-refractivity contribution >= 4 is 40.3 Å². The van der Waals surface area contributed by atoms with Crippen LogP contribution in [-0.4, -0.2) is 39.6 Å². The molecule has 2 aromatic heterocycles. The van der Waals surface area contributed by atoms with Crippen molar-refractivity contribution in [3.8, 4) is 0 Å². The van der Waals surface area contributed by atoms with Gasteiger partial charge in [-0.1, -0.05) is 26.1 Å². The van der Waals surface area contributed by atoms with Crippen molar-refractivity contribution in [2.24, 2.45) is 5.73 Å². The molecule has 9 nitrogen and oxygen atoms in total. The number of aromatic nitrogens is 3. The number of benzene rings is 2. The van der Waals surface area contributed by atoms with E-state index in [1.807, 2.05) is 53.2 Å². The van der Waals surface area contributed by atoms with Crippen molar-refractivity contribution in [1.29, 1.82) is 0 Å². The summed E-state index contributed by atoms with van der Waals surface area (Å²) in [6.07, 6.45) is 6.41. The maximum absolute atomic E-state index is 12.9. The number of allylic oxidation sites excluding steroid dienone is 1. The number of amides is 1. The molecule has 5 N–H and O–H groups in total. The van der Waals surface area contributed by atoms with Gasteiger partial charge in [0.2, 0.25) is 0 Å². The van der Waals surface area contributed by atoms with Crippen LogP contribution in [0.5, 0.6) is 0 Å². The summed E-state index contributed by atoms with van der Waals surface area (Å²) in [5, 5.41) is 14.2. The summed E-state index contributed by atoms with van der Waals surface area (Å²) in [5.41, 5.74) is 11.7. The number of piperidine rings is 1. The van der Waals surface area contributed by atoms with Crippen LogP contribution in [0.2, 0.25) is 0 Å². The van der Waals surface area contributed by atoms with Crippen molar-refractivity contribution in [3.63, 3.8) is 0 Å². The van der Waals surface area contributed by atoms with E-state index >= 15 is 0 Å². The molecular weight excluding hydrogens is 488 g/mol. The first kappa shape index (κ1) is 26.0. The molecule has 200 valence electrons. The number of nitrogens with two attached hydrogens (primary N) is 1. The minimum Gasteiger partial charge on any atom is -0.356 e. The number of carbonyl (C=O) groups is 1. The Hall–Kier alpha value is -4.63. The fraction of sp³-hybridized carbons (Fsp3) is 0.233. The smallest absolute Gasteiger partial charge is 0.255 e. The molecule has 1 atom stereocenters. The van der Waals surface area contributed by atoms with Gasteiger partial charge in [-0.05, 0) is 67.8 Å². The number of nitrogens with one attached hydrogen (secondary N) is 3. The molecule has 0 aliphatic carbocycles. The topological polar surface area (TPSA) is 113 Å². The van der Waals surface area contributed by atoms with E-state index in [4.69, 9.17) is 10.7 Å². The van der Waals surface area contributed by atoms with Crippen LogP contribution in [0.1, 0.15) is 35.7 Å². The molecule has 0 saturated carbocycles. The number of nitrogens with zero attached hydrogens (tertiary/aromatic N) is 4. The highest BCUT2D eigenvalue weighted by molar-refractivity contribution is 6.04. The predicted molar refractivity (Wildman–Crippen MR) is 159 cm³/mol. The summed E-state index contributed by atoms with van der Waals surface area (Å²) < 4.78 is 1.83. The molecule has 4 aromatic rings. The van der Waals surface area contributed by atoms with Crippen molar-refractivity contribution in [1.82, 2.24) is 14.6 Å². The third-order valence-electron chi connectivity index (χ3n) is 6.79. The molecule has 1 amide bonds. The van der Waals surface area contributed by atoms with Gasteiger partial charge in [0.05, 0.1) is 6.20 Å². The Morgan fingerprint density at radius 3 is 2.67 bits per heavy atom. The van der Waals surface area contributed by atoms with Crippen LogP contribution >= 0.6 is 0 Å². The second-order valence-electron chi connectivity index (χ2n) is 9.70. The van der Waals surface area contributed by atoms with Gasteiger partial charge in [-0.3, -0.25) is 4.79 Å². The maximum atomic E-state index is 12.9. The zero-order valence-electron chi connectivity index (χ0n) is 22.2. The van der Waals surface area contributed by atoms with Crippen LogP contribution in [0.3, 0.4) is 0 Å². The van der Waals surface area contributed by atoms with Gasteiger partial charge in [0, 0.05) is 59.1 Å². The number of hydrogen-bond acceptors (Lipinski definition) is 7. The largest absolute Gasteiger partial charge is 0.356 e. The van der Waals surface area contributed by atoms with Crippen molar-refractivity contribution in [3.05, 3.63) is 96.9 Å². The second-order valence-corrected chi connectivity index (χ2v) is 9.70. The SMILES string of the molecule is C=CC(=C)Nc1ccc(C(=O)Nc2cccc(Nc3cc(N4CCCC(N)C4)nc4c(CC)cnn34)c2)cc1. The number of hydrogen-bond donors (Lipinski definition) is 4. The van der Waals surface area contributed by atoms with Gasteiger partial charge in [-0.15, -0.1) is 0 Å². The molecule has 0 bridgehead atoms. The zero-order valence-corrected chi connectivity index (χ0v) is 22.2. The monoisotopic (exact) mass is 522 g/mol. The number of fused-ring (bicyclic) bond motifs is 1. The first-order valence-corrected chi connectivity index (χ1v) is 13.2. The number of rotatable bonds is 9. The van der Waals surface area contributed by atoms with Crippen molar-refractivity contribution in [2.45, 2.75) is 32.2 Å². The summed E-state index contributed by atoms with van der Waals surface area (Å²) in [4.78, 5) is 20.1. The van der Waals surface area contributed by atoms with Crippen LogP contribution < -0.4 is 26.6 Å². The van der Waals surface area contributed by atoms with Crippen LogP contribution in [0.25, 0.3) is 5.65 Å². The Morgan fingerprint density at radius 1 is 1.13 bits per heavy atom. The van der Waals surface area contributed by atoms with E-state index in [0.717, 1.165) is 66.6 Å². The van der Waals surface area contributed by atoms with Crippen LogP contribution in [0, 0.1) is 0 Å². The maximum Gasteiger partial charge on any atom is 0.255 e. The highest BCUT2D eigenvalue weighted by atomic mass is 16.1. The van der Waals surface area contributed by atoms with Crippen LogP contribution in [0.4, 0.5) is 28.7 Å². The van der Waals surface area contributed by atoms with E-state index in [2.05, 4.69) is 46.0 Å². The van der Waals surface area contributed by atoms with Gasteiger partial charge in [0.15, 0.2) is 5.65 Å². The molecule has 0 radical (unpaired) electrons. The van der Waals surface area contributed by atoms with E-state index in [-0.39, 0.29) is 11.9 Å². The Kier molecular flexibility index (Phi) is 7.60. The third kappa shape index (κ3) is 5.94. The Bertz CT molecular complexity index is 1510. The summed E-state index contributed by atoms with van der Waals surface area (Å²) >= 11 is 0. The molecule has 1 saturated heterocycles. The summed E-state index contributed by atoms with van der Waals surface area (Å²) in [7, 11) is 0. The van der Waals surface area contributed by atoms with E-state index in [0.29, 0.717) is 16.9 Å². The average Bonchev–Trinajstić information content (AvgIpc) is 3.37. The van der Waals surface area contributed by atoms with Gasteiger partial charge < -0.3 is 26.6 Å². The molecule has 5 rings (SSSR count). The Labute approximate surface area is 228 Å². The summed E-state index contributed by atoms with van der Waals surface area (Å²) in [6, 6.07) is 17.0. The lowest BCUT2D eigenvalue weighted by molar-refractivity contribution is 0.102. The van der Waals surface area contributed by atoms with Crippen molar-refractivity contribution in [2.75, 3.05) is 33.9 Å². The Morgan fingerprint density at radius 2 is 1.92 bits per heavy atom. The number of aryl methyl sites for hydroxylation is 1. The van der Waals surface area contributed by atoms with Crippen LogP contribution in [0.15, 0.2) is 85.7 Å². The number of anilines is 5. The van der Waals surface area contributed by atoms with Gasteiger partial charge in [-0.25, -0.2) is 4.98 Å². The van der Waals surface area contributed by atoms with E-state index in [1.165, 1.54) is 0 Å². The normalized spacial score (nSPS) is 15.1. The van der Waals surface area contributed by atoms with Gasteiger partial charge in [0.25, 0.3) is 5.91 Å². The molecule has 1 fully saturated rings. The molecule has 1 unspecified atom stereocenters. The molecule has 1 aliphatic heterocycles. The molecule has 39 heavy (non-hydrogen) atoms. The zero-order chi connectivity index (χ0) is 27.4. The highest BCUT2D eigenvalue weighted by Crippen LogP contribution is 2.27. The lowest BCUT2D eigenvalue weighted by Crippen LogP contribution is -2.43. The molecule has 1 aliphatic rings. The quantitative estimate of drug-likeness (QED) is 0.220. The van der Waals surface area contributed by atoms with Crippen LogP contribution in [-0.2, 0) is 6.42 Å². The van der Waals surface area contributed by atoms with E-state index in [9.17, 15) is 4.79 Å². The fourth-order valence-electron chi connectivity index (χ4n) is 4.68. The molecule has 3 heterocycles. The molecule has 2 aromatic carbocycles. The van der Waals surface area contributed by atoms with Gasteiger partial charge >= 0.3 is 0 Å². The van der Waals surface area contributed by atoms with Crippen molar-refractivity contribution < 1.29 is 4.79 Å². The lowest BCUT2D eigenvalue weighted by Gasteiger charge is -2.32. The predicted octanol–water partition coefficient (Wildman–Crippen LogP) is 5.33. The Balaban J connectivity index is 1.36. The van der Waals surface area contributed by atoms with Gasteiger partial charge in [0.1, 0.15) is 11.6 Å². The average molecular weight is 523 g/mol. The number of carbonyl (C=O) groups excluding carboxylic acids is 1. The van der Waals surface area contributed by atoms with E-state index in [1.54, 1.807) is 18.2 Å². The first-order valence-electron chi connectivity index (χ1n) is 13.2. The second kappa shape index (κ2) is 11.4. The molecular formula is C30H34N8O. The lowest BCUT2D eigenvalue weighted by atomic mass is 10.1. The minimum absolute atomic E-state index is 0.142. The highest BCUT2D eigenvalue weighted by Gasteiger charge is 2.20. The fourth-order valence-corrected chi connectivity index (χ4v) is 4.68.